The first-order chi connectivity index (χ1) is 19.9. The Balaban J connectivity index is 0.000000168. The number of imidazole rings is 2. The topological polar surface area (TPSA) is 172 Å². The summed E-state index contributed by atoms with van der Waals surface area (Å²) in [6.45, 7) is 0. The van der Waals surface area contributed by atoms with Gasteiger partial charge in [-0.2, -0.15) is 0 Å². The standard InChI is InChI=1S/2C14H8Br2N2O3/c2*15-8-3-7(4-9(16)12(8)19)13-17-10-2-1-6(14(20)21)5-11(10)18-13/h2*1-5,19H,(H,17,18)(H,20,21). The molecule has 0 unspecified atom stereocenters. The molecule has 6 N–H and O–H groups in total. The number of nitrogens with zero attached hydrogens (tertiary/aromatic N) is 2. The van der Waals surface area contributed by atoms with Gasteiger partial charge in [-0.3, -0.25) is 0 Å². The number of aromatic nitrogens is 4. The first kappa shape index (κ1) is 29.8. The fourth-order valence-electron chi connectivity index (χ4n) is 3.96. The number of phenols is 2. The molecule has 6 rings (SSSR count). The van der Waals surface area contributed by atoms with Gasteiger partial charge >= 0.3 is 11.9 Å². The number of rotatable bonds is 4. The third-order valence-electron chi connectivity index (χ3n) is 6.04. The molecular formula is C28H16Br4N4O6. The highest BCUT2D eigenvalue weighted by atomic mass is 79.9. The van der Waals surface area contributed by atoms with E-state index in [2.05, 4.69) is 83.7 Å². The van der Waals surface area contributed by atoms with Crippen LogP contribution >= 0.6 is 63.7 Å². The molecular weight excluding hydrogens is 808 g/mol. The van der Waals surface area contributed by atoms with Crippen molar-refractivity contribution in [2.75, 3.05) is 0 Å². The van der Waals surface area contributed by atoms with Crippen molar-refractivity contribution < 1.29 is 30.0 Å². The van der Waals surface area contributed by atoms with Gasteiger partial charge in [-0.25, -0.2) is 19.6 Å². The summed E-state index contributed by atoms with van der Waals surface area (Å²) in [5.41, 5.74) is 4.57. The van der Waals surface area contributed by atoms with Gasteiger partial charge in [0.25, 0.3) is 0 Å². The maximum absolute atomic E-state index is 11.0. The molecule has 0 atom stereocenters. The smallest absolute Gasteiger partial charge is 0.335 e. The number of aromatic hydroxyl groups is 2. The van der Waals surface area contributed by atoms with Crippen LogP contribution in [0.4, 0.5) is 0 Å². The zero-order valence-electron chi connectivity index (χ0n) is 20.8. The molecule has 2 aromatic heterocycles. The molecule has 0 aliphatic rings. The van der Waals surface area contributed by atoms with Crippen molar-refractivity contribution in [2.45, 2.75) is 0 Å². The molecule has 0 aliphatic heterocycles. The Bertz CT molecular complexity index is 1850. The summed E-state index contributed by atoms with van der Waals surface area (Å²) < 4.78 is 2.16. The lowest BCUT2D eigenvalue weighted by Crippen LogP contribution is -1.94. The number of H-pyrrole nitrogens is 2. The number of nitrogens with one attached hydrogen (secondary N) is 2. The van der Waals surface area contributed by atoms with Crippen molar-refractivity contribution in [3.8, 4) is 34.3 Å². The van der Waals surface area contributed by atoms with E-state index in [9.17, 15) is 19.8 Å². The third-order valence-corrected chi connectivity index (χ3v) is 8.46. The highest BCUT2D eigenvalue weighted by Crippen LogP contribution is 2.37. The second-order valence-electron chi connectivity index (χ2n) is 8.82. The lowest BCUT2D eigenvalue weighted by molar-refractivity contribution is 0.0686. The number of halogens is 4. The number of benzene rings is 4. The summed E-state index contributed by atoms with van der Waals surface area (Å²) in [5, 5.41) is 37.4. The summed E-state index contributed by atoms with van der Waals surface area (Å²) in [6, 6.07) is 16.3. The molecule has 0 aliphatic carbocycles. The lowest BCUT2D eigenvalue weighted by atomic mass is 10.2. The Morgan fingerprint density at radius 1 is 0.571 bits per heavy atom. The minimum absolute atomic E-state index is 0.114. The van der Waals surface area contributed by atoms with E-state index in [1.807, 2.05) is 0 Å². The van der Waals surface area contributed by atoms with Crippen LogP contribution < -0.4 is 0 Å². The fourth-order valence-corrected chi connectivity index (χ4v) is 6.34. The Labute approximate surface area is 270 Å². The van der Waals surface area contributed by atoms with Crippen molar-refractivity contribution in [1.82, 2.24) is 19.9 Å². The number of carbonyl (C=O) groups is 2. The van der Waals surface area contributed by atoms with E-state index in [0.717, 1.165) is 11.1 Å². The molecule has 0 saturated carbocycles. The number of carboxylic acids is 2. The molecule has 212 valence electrons. The molecule has 42 heavy (non-hydrogen) atoms. The molecule has 0 radical (unpaired) electrons. The zero-order chi connectivity index (χ0) is 30.3. The molecule has 14 heteroatoms. The second-order valence-corrected chi connectivity index (χ2v) is 12.2. The number of carboxylic acid groups (broad SMARTS) is 2. The zero-order valence-corrected chi connectivity index (χ0v) is 27.1. The van der Waals surface area contributed by atoms with Crippen molar-refractivity contribution in [3.63, 3.8) is 0 Å². The molecule has 0 fully saturated rings. The summed E-state index contributed by atoms with van der Waals surface area (Å²) in [6.07, 6.45) is 0. The van der Waals surface area contributed by atoms with Gasteiger partial charge in [-0.05, 0) is 124 Å². The normalized spacial score (nSPS) is 11.0. The van der Waals surface area contributed by atoms with Crippen LogP contribution in [0.3, 0.4) is 0 Å². The lowest BCUT2D eigenvalue weighted by Gasteiger charge is -2.03. The molecule has 4 aromatic carbocycles. The van der Waals surface area contributed by atoms with Crippen LogP contribution in [0, 0.1) is 0 Å². The largest absolute Gasteiger partial charge is 0.506 e. The molecule has 0 saturated heterocycles. The van der Waals surface area contributed by atoms with Gasteiger partial charge < -0.3 is 30.4 Å². The quantitative estimate of drug-likeness (QED) is 0.103. The Kier molecular flexibility index (Phi) is 8.42. The van der Waals surface area contributed by atoms with E-state index in [0.29, 0.717) is 51.6 Å². The van der Waals surface area contributed by atoms with Gasteiger partial charge in [0.05, 0.1) is 51.1 Å². The summed E-state index contributed by atoms with van der Waals surface area (Å²) in [5.74, 6) is -0.555. The summed E-state index contributed by atoms with van der Waals surface area (Å²) in [4.78, 5) is 37.0. The molecule has 0 amide bonds. The van der Waals surface area contributed by atoms with Crippen molar-refractivity contribution in [3.05, 3.63) is 89.7 Å². The van der Waals surface area contributed by atoms with E-state index in [4.69, 9.17) is 10.2 Å². The van der Waals surface area contributed by atoms with Gasteiger partial charge in [0.2, 0.25) is 0 Å². The van der Waals surface area contributed by atoms with Gasteiger partial charge in [0.1, 0.15) is 23.1 Å². The fraction of sp³-hybridized carbons (Fsp3) is 0. The summed E-state index contributed by atoms with van der Waals surface area (Å²) in [7, 11) is 0. The Morgan fingerprint density at radius 3 is 1.21 bits per heavy atom. The SMILES string of the molecule is O=C(O)c1ccc2nc(-c3cc(Br)c(O)c(Br)c3)[nH]c2c1.O=C(O)c1ccc2nc(-c3cc(Br)c(O)c(Br)c3)[nH]c2c1. The van der Waals surface area contributed by atoms with E-state index >= 15 is 0 Å². The predicted octanol–water partition coefficient (Wildman–Crippen LogP) is 8.32. The van der Waals surface area contributed by atoms with E-state index in [-0.39, 0.29) is 22.6 Å². The van der Waals surface area contributed by atoms with Gasteiger partial charge in [-0.15, -0.1) is 0 Å². The highest BCUT2D eigenvalue weighted by Gasteiger charge is 2.14. The number of hydrogen-bond donors (Lipinski definition) is 6. The third kappa shape index (κ3) is 6.07. The highest BCUT2D eigenvalue weighted by molar-refractivity contribution is 9.11. The molecule has 6 aromatic rings. The van der Waals surface area contributed by atoms with Crippen LogP contribution in [0.1, 0.15) is 20.7 Å². The average molecular weight is 824 g/mol. The van der Waals surface area contributed by atoms with Crippen molar-refractivity contribution in [1.29, 1.82) is 0 Å². The van der Waals surface area contributed by atoms with Crippen LogP contribution in [-0.2, 0) is 0 Å². The van der Waals surface area contributed by atoms with Crippen LogP contribution in [-0.4, -0.2) is 52.3 Å². The number of fused-ring (bicyclic) bond motifs is 2. The average Bonchev–Trinajstić information content (AvgIpc) is 3.58. The van der Waals surface area contributed by atoms with Gasteiger partial charge in [0, 0.05) is 11.1 Å². The first-order valence-corrected chi connectivity index (χ1v) is 14.9. The molecule has 10 nitrogen and oxygen atoms in total. The predicted molar refractivity (Wildman–Crippen MR) is 171 cm³/mol. The van der Waals surface area contributed by atoms with Crippen LogP contribution in [0.25, 0.3) is 44.8 Å². The van der Waals surface area contributed by atoms with Crippen LogP contribution in [0.2, 0.25) is 0 Å². The molecule has 0 bridgehead atoms. The Morgan fingerprint density at radius 2 is 0.905 bits per heavy atom. The maximum atomic E-state index is 11.0. The summed E-state index contributed by atoms with van der Waals surface area (Å²) >= 11 is 13.1. The molecule has 0 spiro atoms. The monoisotopic (exact) mass is 820 g/mol. The van der Waals surface area contributed by atoms with E-state index < -0.39 is 11.9 Å². The van der Waals surface area contributed by atoms with Crippen LogP contribution in [0.15, 0.2) is 78.6 Å². The number of hydrogen-bond acceptors (Lipinski definition) is 6. The first-order valence-electron chi connectivity index (χ1n) is 11.7. The number of aromatic amines is 2. The minimum Gasteiger partial charge on any atom is -0.506 e. The second kappa shape index (κ2) is 11.9. The van der Waals surface area contributed by atoms with Gasteiger partial charge in [-0.1, -0.05) is 0 Å². The maximum Gasteiger partial charge on any atom is 0.335 e. The van der Waals surface area contributed by atoms with Crippen molar-refractivity contribution in [2.24, 2.45) is 0 Å². The number of phenolic OH excluding ortho intramolecular Hbond substituents is 2. The van der Waals surface area contributed by atoms with Gasteiger partial charge in [0.15, 0.2) is 0 Å². The van der Waals surface area contributed by atoms with Crippen LogP contribution in [0.5, 0.6) is 11.5 Å². The minimum atomic E-state index is -0.983. The number of aromatic carboxylic acids is 2. The molecule has 2 heterocycles. The Hall–Kier alpha value is -3.72. The van der Waals surface area contributed by atoms with Crippen molar-refractivity contribution >= 4 is 97.7 Å². The van der Waals surface area contributed by atoms with E-state index in [1.54, 1.807) is 48.5 Å². The van der Waals surface area contributed by atoms with E-state index in [1.165, 1.54) is 12.1 Å².